The van der Waals surface area contributed by atoms with Crippen LogP contribution in [-0.2, 0) is 4.79 Å². The highest BCUT2D eigenvalue weighted by atomic mass is 35.5. The molecule has 5 unspecified atom stereocenters. The summed E-state index contributed by atoms with van der Waals surface area (Å²) in [6, 6.07) is 0.511. The summed E-state index contributed by atoms with van der Waals surface area (Å²) in [7, 11) is 1.94. The molecule has 0 aliphatic heterocycles. The minimum Gasteiger partial charge on any atom is -0.353 e. The van der Waals surface area contributed by atoms with Gasteiger partial charge in [0.1, 0.15) is 0 Å². The highest BCUT2D eigenvalue weighted by molar-refractivity contribution is 5.85. The number of fused-ring (bicyclic) bond motifs is 5. The van der Waals surface area contributed by atoms with Gasteiger partial charge in [0.05, 0.1) is 0 Å². The first-order valence-corrected chi connectivity index (χ1v) is 7.73. The third-order valence-electron chi connectivity index (χ3n) is 5.61. The summed E-state index contributed by atoms with van der Waals surface area (Å²) in [6.07, 6.45) is 8.64. The van der Waals surface area contributed by atoms with Crippen LogP contribution < -0.4 is 10.6 Å². The lowest BCUT2D eigenvalue weighted by Crippen LogP contribution is -2.42. The van der Waals surface area contributed by atoms with E-state index in [1.165, 1.54) is 32.1 Å². The van der Waals surface area contributed by atoms with E-state index in [4.69, 9.17) is 0 Å². The molecule has 19 heavy (non-hydrogen) atoms. The van der Waals surface area contributed by atoms with E-state index in [2.05, 4.69) is 10.6 Å². The topological polar surface area (TPSA) is 41.1 Å². The van der Waals surface area contributed by atoms with Gasteiger partial charge in [0.15, 0.2) is 0 Å². The van der Waals surface area contributed by atoms with E-state index in [0.717, 1.165) is 36.6 Å². The van der Waals surface area contributed by atoms with Crippen LogP contribution in [0.1, 0.15) is 44.9 Å². The largest absolute Gasteiger partial charge is 0.353 e. The number of nitrogens with one attached hydrogen (secondary N) is 2. The van der Waals surface area contributed by atoms with E-state index in [9.17, 15) is 4.79 Å². The number of carbonyl (C=O) groups excluding carboxylic acids is 1. The molecule has 0 heterocycles. The average Bonchev–Trinajstić information content (AvgIpc) is 3.00. The fraction of sp³-hybridized carbons (Fsp3) is 0.933. The lowest BCUT2D eigenvalue weighted by atomic mass is 9.79. The van der Waals surface area contributed by atoms with Crippen LogP contribution in [0.2, 0.25) is 0 Å². The minimum atomic E-state index is 0. The van der Waals surface area contributed by atoms with Gasteiger partial charge in [-0.2, -0.15) is 0 Å². The zero-order valence-electron chi connectivity index (χ0n) is 11.9. The lowest BCUT2D eigenvalue weighted by molar-refractivity contribution is -0.122. The summed E-state index contributed by atoms with van der Waals surface area (Å²) < 4.78 is 0. The van der Waals surface area contributed by atoms with Crippen LogP contribution in [-0.4, -0.2) is 25.5 Å². The Hall–Kier alpha value is -0.280. The minimum absolute atomic E-state index is 0. The summed E-state index contributed by atoms with van der Waals surface area (Å²) in [6.45, 7) is 0.939. The van der Waals surface area contributed by atoms with Crippen molar-refractivity contribution in [3.05, 3.63) is 0 Å². The summed E-state index contributed by atoms with van der Waals surface area (Å²) in [5.41, 5.74) is 0. The van der Waals surface area contributed by atoms with Gasteiger partial charge in [-0.3, -0.25) is 4.79 Å². The number of hydrogen-bond acceptors (Lipinski definition) is 2. The molecule has 3 rings (SSSR count). The molecule has 3 saturated carbocycles. The van der Waals surface area contributed by atoms with Gasteiger partial charge in [0.25, 0.3) is 0 Å². The lowest BCUT2D eigenvalue weighted by Gasteiger charge is -2.32. The van der Waals surface area contributed by atoms with Crippen molar-refractivity contribution >= 4 is 18.3 Å². The Balaban J connectivity index is 0.00000133. The molecule has 4 heteroatoms. The van der Waals surface area contributed by atoms with Crippen LogP contribution in [0, 0.1) is 23.7 Å². The van der Waals surface area contributed by atoms with Crippen molar-refractivity contribution in [3.8, 4) is 0 Å². The quantitative estimate of drug-likeness (QED) is 0.762. The standard InChI is InChI=1S/C15H26N2O.ClH/c1-16-7-3-6-15(18)17-14-9-10-8-13(14)12-5-2-4-11(10)12;/h10-14,16H,2-9H2,1H3,(H,17,18);1H. The van der Waals surface area contributed by atoms with Gasteiger partial charge in [0.2, 0.25) is 5.91 Å². The van der Waals surface area contributed by atoms with E-state index in [0.29, 0.717) is 12.5 Å². The molecule has 0 radical (unpaired) electrons. The molecule has 0 aromatic carbocycles. The van der Waals surface area contributed by atoms with E-state index >= 15 is 0 Å². The number of rotatable bonds is 5. The monoisotopic (exact) mass is 286 g/mol. The zero-order chi connectivity index (χ0) is 12.5. The molecule has 0 spiro atoms. The second-order valence-corrected chi connectivity index (χ2v) is 6.54. The third-order valence-corrected chi connectivity index (χ3v) is 5.61. The van der Waals surface area contributed by atoms with Gasteiger partial charge in [-0.1, -0.05) is 6.42 Å². The smallest absolute Gasteiger partial charge is 0.220 e. The van der Waals surface area contributed by atoms with Crippen LogP contribution in [0.5, 0.6) is 0 Å². The Labute approximate surface area is 122 Å². The molecule has 3 fully saturated rings. The molecule has 3 aliphatic carbocycles. The Morgan fingerprint density at radius 3 is 2.74 bits per heavy atom. The van der Waals surface area contributed by atoms with Crippen LogP contribution in [0.4, 0.5) is 0 Å². The molecule has 3 nitrogen and oxygen atoms in total. The highest BCUT2D eigenvalue weighted by Crippen LogP contribution is 2.58. The van der Waals surface area contributed by atoms with E-state index in [-0.39, 0.29) is 18.3 Å². The fourth-order valence-electron chi connectivity index (χ4n) is 4.94. The molecule has 0 saturated heterocycles. The number of hydrogen-bond donors (Lipinski definition) is 2. The van der Waals surface area contributed by atoms with Crippen LogP contribution in [0.25, 0.3) is 0 Å². The molecule has 0 aromatic heterocycles. The highest BCUT2D eigenvalue weighted by Gasteiger charge is 2.53. The second kappa shape index (κ2) is 6.45. The summed E-state index contributed by atoms with van der Waals surface area (Å²) in [5.74, 6) is 4.00. The molecule has 2 bridgehead atoms. The van der Waals surface area contributed by atoms with Crippen molar-refractivity contribution in [1.82, 2.24) is 10.6 Å². The van der Waals surface area contributed by atoms with Crippen molar-refractivity contribution in [2.45, 2.75) is 51.0 Å². The van der Waals surface area contributed by atoms with Crippen molar-refractivity contribution in [2.24, 2.45) is 23.7 Å². The Morgan fingerprint density at radius 2 is 1.95 bits per heavy atom. The maximum atomic E-state index is 11.9. The number of carbonyl (C=O) groups is 1. The van der Waals surface area contributed by atoms with Gasteiger partial charge < -0.3 is 10.6 Å². The van der Waals surface area contributed by atoms with Gasteiger partial charge in [-0.25, -0.2) is 0 Å². The second-order valence-electron chi connectivity index (χ2n) is 6.54. The molecule has 110 valence electrons. The summed E-state index contributed by atoms with van der Waals surface area (Å²) in [5, 5.41) is 6.41. The number of halogens is 1. The molecule has 0 aromatic rings. The third kappa shape index (κ3) is 2.92. The molecule has 1 amide bonds. The van der Waals surface area contributed by atoms with Gasteiger partial charge in [0, 0.05) is 12.5 Å². The molecule has 5 atom stereocenters. The van der Waals surface area contributed by atoms with Crippen LogP contribution in [0.3, 0.4) is 0 Å². The molecule has 3 aliphatic rings. The molecular weight excluding hydrogens is 260 g/mol. The van der Waals surface area contributed by atoms with Gasteiger partial charge >= 0.3 is 0 Å². The van der Waals surface area contributed by atoms with E-state index < -0.39 is 0 Å². The maximum Gasteiger partial charge on any atom is 0.220 e. The number of amides is 1. The zero-order valence-corrected chi connectivity index (χ0v) is 12.7. The molecule has 2 N–H and O–H groups in total. The first-order valence-electron chi connectivity index (χ1n) is 7.73. The van der Waals surface area contributed by atoms with E-state index in [1.54, 1.807) is 0 Å². The Kier molecular flexibility index (Phi) is 5.13. The fourth-order valence-corrected chi connectivity index (χ4v) is 4.94. The van der Waals surface area contributed by atoms with Crippen molar-refractivity contribution < 1.29 is 4.79 Å². The Bertz CT molecular complexity index is 323. The first-order chi connectivity index (χ1) is 8.79. The maximum absolute atomic E-state index is 11.9. The first kappa shape index (κ1) is 15.1. The predicted octanol–water partition coefficient (Wildman–Crippen LogP) is 2.35. The van der Waals surface area contributed by atoms with Crippen LogP contribution >= 0.6 is 12.4 Å². The molecular formula is C15H27ClN2O. The summed E-state index contributed by atoms with van der Waals surface area (Å²) in [4.78, 5) is 11.9. The average molecular weight is 287 g/mol. The SMILES string of the molecule is CNCCCC(=O)NC1CC2CC1C1CCCC21.Cl. The van der Waals surface area contributed by atoms with Crippen molar-refractivity contribution in [3.63, 3.8) is 0 Å². The summed E-state index contributed by atoms with van der Waals surface area (Å²) >= 11 is 0. The Morgan fingerprint density at radius 1 is 1.16 bits per heavy atom. The van der Waals surface area contributed by atoms with Crippen LogP contribution in [0.15, 0.2) is 0 Å². The van der Waals surface area contributed by atoms with Crippen molar-refractivity contribution in [2.75, 3.05) is 13.6 Å². The van der Waals surface area contributed by atoms with Gasteiger partial charge in [-0.15, -0.1) is 12.4 Å². The predicted molar refractivity (Wildman–Crippen MR) is 79.4 cm³/mol. The van der Waals surface area contributed by atoms with E-state index in [1.807, 2.05) is 7.05 Å². The normalized spacial score (nSPS) is 38.9. The van der Waals surface area contributed by atoms with Crippen molar-refractivity contribution in [1.29, 1.82) is 0 Å². The van der Waals surface area contributed by atoms with Gasteiger partial charge in [-0.05, 0) is 69.4 Å².